The minimum absolute atomic E-state index is 0.0101. The van der Waals surface area contributed by atoms with Gasteiger partial charge < -0.3 is 10.2 Å². The first-order valence-electron chi connectivity index (χ1n) is 8.89. The Morgan fingerprint density at radius 1 is 1.04 bits per heavy atom. The highest BCUT2D eigenvalue weighted by atomic mass is 35.5. The number of hydrogen-bond acceptors (Lipinski definition) is 3. The number of nitrogens with one attached hydrogen (secondary N) is 1. The van der Waals surface area contributed by atoms with E-state index in [1.165, 1.54) is 11.8 Å². The number of carbonyl (C=O) groups is 2. The van der Waals surface area contributed by atoms with Crippen LogP contribution < -0.4 is 5.32 Å². The zero-order valence-electron chi connectivity index (χ0n) is 15.8. The summed E-state index contributed by atoms with van der Waals surface area (Å²) in [6.45, 7) is 5.84. The van der Waals surface area contributed by atoms with Crippen LogP contribution in [0.25, 0.3) is 0 Å². The van der Waals surface area contributed by atoms with Crippen molar-refractivity contribution < 1.29 is 9.59 Å². The average Bonchev–Trinajstić information content (AvgIpc) is 2.65. The summed E-state index contributed by atoms with van der Waals surface area (Å²) in [5, 5.41) is 3.47. The summed E-state index contributed by atoms with van der Waals surface area (Å²) in [7, 11) is 0. The van der Waals surface area contributed by atoms with E-state index in [0.717, 1.165) is 10.5 Å². The Bertz CT molecular complexity index is 768. The Kier molecular flexibility index (Phi) is 8.20. The highest BCUT2D eigenvalue weighted by molar-refractivity contribution is 8.00. The molecule has 0 aliphatic carbocycles. The van der Waals surface area contributed by atoms with Crippen LogP contribution in [0.2, 0.25) is 5.02 Å². The molecule has 1 N–H and O–H groups in total. The standard InChI is InChI=1S/C21H25ClN2O2S/c1-15(2)23-21(26)16(3)24(13-17-9-7-8-12-19(17)22)20(25)14-27-18-10-5-4-6-11-18/h4-12,15-16H,13-14H2,1-3H3,(H,23,26)/t16-/m0/s1. The summed E-state index contributed by atoms with van der Waals surface area (Å²) in [5.74, 6) is -0.0152. The first kappa shape index (κ1) is 21.3. The predicted octanol–water partition coefficient (Wildman–Crippen LogP) is 4.37. The highest BCUT2D eigenvalue weighted by Gasteiger charge is 2.27. The quantitative estimate of drug-likeness (QED) is 0.664. The molecular formula is C21H25ClN2O2S. The van der Waals surface area contributed by atoms with E-state index in [9.17, 15) is 9.59 Å². The third-order valence-corrected chi connectivity index (χ3v) is 5.37. The molecule has 2 rings (SSSR count). The number of nitrogens with zero attached hydrogens (tertiary/aromatic N) is 1. The van der Waals surface area contributed by atoms with Gasteiger partial charge in [-0.2, -0.15) is 0 Å². The lowest BCUT2D eigenvalue weighted by Gasteiger charge is -2.29. The van der Waals surface area contributed by atoms with Crippen LogP contribution in [-0.4, -0.2) is 34.6 Å². The van der Waals surface area contributed by atoms with Crippen molar-refractivity contribution in [3.63, 3.8) is 0 Å². The Hall–Kier alpha value is -1.98. The van der Waals surface area contributed by atoms with Gasteiger partial charge in [0, 0.05) is 22.5 Å². The Morgan fingerprint density at radius 2 is 1.67 bits per heavy atom. The molecule has 6 heteroatoms. The third-order valence-electron chi connectivity index (χ3n) is 4.00. The molecule has 1 atom stereocenters. The van der Waals surface area contributed by atoms with Gasteiger partial charge in [-0.05, 0) is 44.5 Å². The Morgan fingerprint density at radius 3 is 2.30 bits per heavy atom. The number of amides is 2. The summed E-state index contributed by atoms with van der Waals surface area (Å²) in [5.41, 5.74) is 0.821. The molecule has 0 fully saturated rings. The van der Waals surface area contributed by atoms with Crippen molar-refractivity contribution in [3.8, 4) is 0 Å². The summed E-state index contributed by atoms with van der Waals surface area (Å²) >= 11 is 7.73. The molecule has 4 nitrogen and oxygen atoms in total. The van der Waals surface area contributed by atoms with Crippen molar-refractivity contribution in [1.82, 2.24) is 10.2 Å². The monoisotopic (exact) mass is 404 g/mol. The zero-order chi connectivity index (χ0) is 19.8. The van der Waals surface area contributed by atoms with Gasteiger partial charge in [0.2, 0.25) is 11.8 Å². The molecule has 0 aliphatic rings. The van der Waals surface area contributed by atoms with Gasteiger partial charge >= 0.3 is 0 Å². The molecule has 0 radical (unpaired) electrons. The molecule has 144 valence electrons. The Balaban J connectivity index is 2.15. The largest absolute Gasteiger partial charge is 0.352 e. The van der Waals surface area contributed by atoms with Gasteiger partial charge in [0.05, 0.1) is 5.75 Å². The van der Waals surface area contributed by atoms with Crippen molar-refractivity contribution >= 4 is 35.2 Å². The lowest BCUT2D eigenvalue weighted by Crippen LogP contribution is -2.49. The molecule has 2 amide bonds. The topological polar surface area (TPSA) is 49.4 Å². The molecule has 0 saturated carbocycles. The normalized spacial score (nSPS) is 11.9. The molecular weight excluding hydrogens is 380 g/mol. The van der Waals surface area contributed by atoms with Gasteiger partial charge in [0.25, 0.3) is 0 Å². The van der Waals surface area contributed by atoms with Gasteiger partial charge in [-0.25, -0.2) is 0 Å². The first-order chi connectivity index (χ1) is 12.9. The molecule has 27 heavy (non-hydrogen) atoms. The molecule has 2 aromatic rings. The molecule has 0 bridgehead atoms. The van der Waals surface area contributed by atoms with Crippen LogP contribution in [0.15, 0.2) is 59.5 Å². The SMILES string of the molecule is CC(C)NC(=O)[C@H](C)N(Cc1ccccc1Cl)C(=O)CSc1ccccc1. The third kappa shape index (κ3) is 6.60. The maximum atomic E-state index is 12.9. The summed E-state index contributed by atoms with van der Waals surface area (Å²) in [6.07, 6.45) is 0. The minimum atomic E-state index is -0.590. The number of hydrogen-bond donors (Lipinski definition) is 1. The van der Waals surface area contributed by atoms with Crippen molar-refractivity contribution in [2.24, 2.45) is 0 Å². The maximum Gasteiger partial charge on any atom is 0.242 e. The average molecular weight is 405 g/mol. The number of benzene rings is 2. The van der Waals surface area contributed by atoms with E-state index in [1.807, 2.05) is 62.4 Å². The second-order valence-electron chi connectivity index (χ2n) is 6.55. The number of thioether (sulfide) groups is 1. The first-order valence-corrected chi connectivity index (χ1v) is 10.3. The molecule has 0 heterocycles. The van der Waals surface area contributed by atoms with Crippen molar-refractivity contribution in [1.29, 1.82) is 0 Å². The lowest BCUT2D eigenvalue weighted by atomic mass is 10.1. The fourth-order valence-corrected chi connectivity index (χ4v) is 3.54. The van der Waals surface area contributed by atoms with Crippen LogP contribution in [0.5, 0.6) is 0 Å². The van der Waals surface area contributed by atoms with Crippen LogP contribution in [0, 0.1) is 0 Å². The maximum absolute atomic E-state index is 12.9. The smallest absolute Gasteiger partial charge is 0.242 e. The van der Waals surface area contributed by atoms with E-state index in [4.69, 9.17) is 11.6 Å². The second-order valence-corrected chi connectivity index (χ2v) is 8.01. The minimum Gasteiger partial charge on any atom is -0.352 e. The Labute approximate surface area is 170 Å². The van der Waals surface area contributed by atoms with Gasteiger partial charge in [0.15, 0.2) is 0 Å². The fraction of sp³-hybridized carbons (Fsp3) is 0.333. The molecule has 0 spiro atoms. The van der Waals surface area contributed by atoms with E-state index in [-0.39, 0.29) is 23.6 Å². The van der Waals surface area contributed by atoms with E-state index < -0.39 is 6.04 Å². The predicted molar refractivity (Wildman–Crippen MR) is 112 cm³/mol. The molecule has 0 unspecified atom stereocenters. The van der Waals surface area contributed by atoms with Crippen LogP contribution in [0.3, 0.4) is 0 Å². The molecule has 0 aromatic heterocycles. The number of carbonyl (C=O) groups excluding carboxylic acids is 2. The van der Waals surface area contributed by atoms with Crippen LogP contribution in [-0.2, 0) is 16.1 Å². The number of halogens is 1. The van der Waals surface area contributed by atoms with Crippen molar-refractivity contribution in [2.75, 3.05) is 5.75 Å². The van der Waals surface area contributed by atoms with Gasteiger partial charge in [-0.1, -0.05) is 48.0 Å². The van der Waals surface area contributed by atoms with Gasteiger partial charge in [-0.3, -0.25) is 9.59 Å². The summed E-state index contributed by atoms with van der Waals surface area (Å²) in [4.78, 5) is 28.1. The van der Waals surface area contributed by atoms with E-state index >= 15 is 0 Å². The van der Waals surface area contributed by atoms with Crippen LogP contribution >= 0.6 is 23.4 Å². The van der Waals surface area contributed by atoms with E-state index in [2.05, 4.69) is 5.32 Å². The van der Waals surface area contributed by atoms with E-state index in [1.54, 1.807) is 17.9 Å². The number of rotatable bonds is 8. The van der Waals surface area contributed by atoms with Crippen molar-refractivity contribution in [3.05, 3.63) is 65.2 Å². The summed E-state index contributed by atoms with van der Waals surface area (Å²) < 4.78 is 0. The highest BCUT2D eigenvalue weighted by Crippen LogP contribution is 2.22. The zero-order valence-corrected chi connectivity index (χ0v) is 17.4. The van der Waals surface area contributed by atoms with Gasteiger partial charge in [-0.15, -0.1) is 11.8 Å². The fourth-order valence-electron chi connectivity index (χ4n) is 2.54. The van der Waals surface area contributed by atoms with Gasteiger partial charge in [0.1, 0.15) is 6.04 Å². The van der Waals surface area contributed by atoms with Crippen LogP contribution in [0.4, 0.5) is 0 Å². The second kappa shape index (κ2) is 10.4. The molecule has 2 aromatic carbocycles. The summed E-state index contributed by atoms with van der Waals surface area (Å²) in [6, 6.07) is 16.5. The molecule has 0 saturated heterocycles. The van der Waals surface area contributed by atoms with Crippen molar-refractivity contribution in [2.45, 2.75) is 44.3 Å². The lowest BCUT2D eigenvalue weighted by molar-refractivity contribution is -0.138. The van der Waals surface area contributed by atoms with E-state index in [0.29, 0.717) is 11.6 Å². The van der Waals surface area contributed by atoms with Crippen LogP contribution in [0.1, 0.15) is 26.3 Å². The molecule has 0 aliphatic heterocycles.